The van der Waals surface area contributed by atoms with Gasteiger partial charge in [0.15, 0.2) is 0 Å². The Balaban J connectivity index is 0.000000452. The zero-order chi connectivity index (χ0) is 14.7. The predicted octanol–water partition coefficient (Wildman–Crippen LogP) is 3.83. The molecule has 3 rings (SSSR count). The second kappa shape index (κ2) is 6.92. The third-order valence-electron chi connectivity index (χ3n) is 5.18. The second-order valence-electron chi connectivity index (χ2n) is 6.48. The van der Waals surface area contributed by atoms with Crippen molar-refractivity contribution in [3.63, 3.8) is 0 Å². The van der Waals surface area contributed by atoms with Crippen LogP contribution in [0.15, 0.2) is 11.8 Å². The van der Waals surface area contributed by atoms with E-state index in [-0.39, 0.29) is 6.29 Å². The molecule has 1 saturated carbocycles. The minimum Gasteiger partial charge on any atom is -0.472 e. The predicted molar refractivity (Wildman–Crippen MR) is 76.9 cm³/mol. The Labute approximate surface area is 122 Å². The molecule has 0 spiro atoms. The topological polar surface area (TPSA) is 47.9 Å². The van der Waals surface area contributed by atoms with Gasteiger partial charge in [-0.05, 0) is 62.9 Å². The maximum atomic E-state index is 7.07. The van der Waals surface area contributed by atoms with Crippen LogP contribution >= 0.6 is 0 Å². The highest BCUT2D eigenvalue weighted by atomic mass is 17.1. The monoisotopic (exact) mass is 284 g/mol. The van der Waals surface area contributed by atoms with Crippen molar-refractivity contribution in [2.45, 2.75) is 58.8 Å². The minimum absolute atomic E-state index is 0.0222. The van der Waals surface area contributed by atoms with Crippen LogP contribution in [0.25, 0.3) is 0 Å². The van der Waals surface area contributed by atoms with Crippen LogP contribution in [0.5, 0.6) is 0 Å². The van der Waals surface area contributed by atoms with Crippen LogP contribution in [0.2, 0.25) is 0 Å². The summed E-state index contributed by atoms with van der Waals surface area (Å²) in [6.07, 6.45) is 7.53. The molecule has 3 aliphatic rings. The highest BCUT2D eigenvalue weighted by molar-refractivity contribution is 5.10. The van der Waals surface area contributed by atoms with Gasteiger partial charge < -0.3 is 9.47 Å². The summed E-state index contributed by atoms with van der Waals surface area (Å²) in [6.45, 7) is 6.83. The van der Waals surface area contributed by atoms with E-state index < -0.39 is 0 Å². The molecule has 116 valence electrons. The van der Waals surface area contributed by atoms with Gasteiger partial charge in [-0.25, -0.2) is 4.89 Å². The van der Waals surface area contributed by atoms with E-state index in [2.05, 4.69) is 25.7 Å². The Morgan fingerprint density at radius 3 is 2.60 bits per heavy atom. The number of rotatable bonds is 0. The summed E-state index contributed by atoms with van der Waals surface area (Å²) >= 11 is 0. The first-order valence-corrected chi connectivity index (χ1v) is 7.73. The summed E-state index contributed by atoms with van der Waals surface area (Å²) < 4.78 is 11.9. The maximum absolute atomic E-state index is 7.07. The summed E-state index contributed by atoms with van der Waals surface area (Å²) in [7, 11) is 1.18. The maximum Gasteiger partial charge on any atom is 0.202 e. The Kier molecular flexibility index (Phi) is 5.47. The van der Waals surface area contributed by atoms with E-state index in [0.29, 0.717) is 17.9 Å². The fraction of sp³-hybridized carbons (Fsp3) is 0.875. The van der Waals surface area contributed by atoms with Crippen molar-refractivity contribution in [3.05, 3.63) is 11.8 Å². The highest BCUT2D eigenvalue weighted by Gasteiger charge is 2.47. The Hall–Kier alpha value is -0.580. The highest BCUT2D eigenvalue weighted by Crippen LogP contribution is 2.50. The van der Waals surface area contributed by atoms with Gasteiger partial charge in [0.25, 0.3) is 0 Å². The minimum atomic E-state index is 0.0222. The molecule has 4 heteroatoms. The lowest BCUT2D eigenvalue weighted by molar-refractivity contribution is -0.214. The van der Waals surface area contributed by atoms with E-state index in [0.717, 1.165) is 11.8 Å². The van der Waals surface area contributed by atoms with Crippen molar-refractivity contribution in [2.24, 2.45) is 23.7 Å². The second-order valence-corrected chi connectivity index (χ2v) is 6.48. The first-order chi connectivity index (χ1) is 9.58. The fourth-order valence-corrected chi connectivity index (χ4v) is 4.13. The van der Waals surface area contributed by atoms with Gasteiger partial charge in [-0.2, -0.15) is 0 Å². The first-order valence-electron chi connectivity index (χ1n) is 7.73. The molecule has 0 aromatic carbocycles. The van der Waals surface area contributed by atoms with E-state index in [1.54, 1.807) is 0 Å². The molecule has 0 bridgehead atoms. The molecule has 20 heavy (non-hydrogen) atoms. The quantitative estimate of drug-likeness (QED) is 0.542. The van der Waals surface area contributed by atoms with E-state index >= 15 is 0 Å². The summed E-state index contributed by atoms with van der Waals surface area (Å²) in [4.78, 5) is 3.25. The molecule has 0 radical (unpaired) electrons. The Morgan fingerprint density at radius 1 is 1.20 bits per heavy atom. The lowest BCUT2D eigenvalue weighted by Gasteiger charge is -2.46. The van der Waals surface area contributed by atoms with Gasteiger partial charge in [0.2, 0.25) is 6.29 Å². The van der Waals surface area contributed by atoms with Gasteiger partial charge in [0, 0.05) is 5.92 Å². The molecule has 1 saturated heterocycles. The zero-order valence-electron chi connectivity index (χ0n) is 13.0. The number of allylic oxidation sites excluding steroid dienone is 1. The summed E-state index contributed by atoms with van der Waals surface area (Å²) in [5, 5.41) is 7.07. The van der Waals surface area contributed by atoms with E-state index in [9.17, 15) is 0 Å². The fourth-order valence-electron chi connectivity index (χ4n) is 4.13. The van der Waals surface area contributed by atoms with Crippen molar-refractivity contribution in [1.29, 1.82) is 0 Å². The van der Waals surface area contributed by atoms with Gasteiger partial charge in [0.05, 0.1) is 19.5 Å². The van der Waals surface area contributed by atoms with Crippen LogP contribution in [-0.4, -0.2) is 24.8 Å². The molecule has 1 N–H and O–H groups in total. The van der Waals surface area contributed by atoms with Crippen molar-refractivity contribution in [3.8, 4) is 0 Å². The van der Waals surface area contributed by atoms with Crippen LogP contribution in [0.1, 0.15) is 46.5 Å². The zero-order valence-corrected chi connectivity index (χ0v) is 13.0. The number of hydrogen-bond donors (Lipinski definition) is 1. The van der Waals surface area contributed by atoms with Crippen molar-refractivity contribution in [2.75, 3.05) is 7.11 Å². The molecule has 2 heterocycles. The number of ether oxygens (including phenoxy) is 2. The van der Waals surface area contributed by atoms with Gasteiger partial charge in [-0.1, -0.05) is 6.92 Å². The molecule has 1 aliphatic carbocycles. The molecule has 2 aliphatic heterocycles. The normalized spacial score (nSPS) is 43.1. The Bertz CT molecular complexity index is 341. The molecular formula is C16H28O4. The van der Waals surface area contributed by atoms with Crippen LogP contribution in [-0.2, 0) is 14.4 Å². The third-order valence-corrected chi connectivity index (χ3v) is 5.18. The first kappa shape index (κ1) is 15.8. The van der Waals surface area contributed by atoms with Crippen molar-refractivity contribution >= 4 is 0 Å². The molecule has 0 aromatic rings. The van der Waals surface area contributed by atoms with E-state index in [1.165, 1.54) is 38.4 Å². The van der Waals surface area contributed by atoms with Gasteiger partial charge in [-0.3, -0.25) is 5.26 Å². The molecule has 4 nitrogen and oxygen atoms in total. The molecule has 0 amide bonds. The molecule has 6 unspecified atom stereocenters. The SMILES string of the molecule is CC1=COC2OC(C)CCC3C(C)CCC1C23.COO. The summed E-state index contributed by atoms with van der Waals surface area (Å²) in [5.41, 5.74) is 1.43. The lowest BCUT2D eigenvalue weighted by Crippen LogP contribution is -2.44. The van der Waals surface area contributed by atoms with Crippen molar-refractivity contribution < 1.29 is 19.6 Å². The third kappa shape index (κ3) is 3.18. The largest absolute Gasteiger partial charge is 0.472 e. The standard InChI is InChI=1S/C15H24O2.CH4O2/c1-9-4-6-13-10(2)8-16-15-14(13)12(9)7-5-11(3)17-15;1-3-2/h8-9,11-15H,4-7H2,1-3H3;2H,1H3. The Morgan fingerprint density at radius 2 is 1.90 bits per heavy atom. The van der Waals surface area contributed by atoms with Crippen LogP contribution in [0.3, 0.4) is 0 Å². The molecule has 6 atom stereocenters. The summed E-state index contributed by atoms with van der Waals surface area (Å²) in [5.74, 6) is 2.95. The number of hydrogen-bond acceptors (Lipinski definition) is 4. The van der Waals surface area contributed by atoms with Gasteiger partial charge >= 0.3 is 0 Å². The molecule has 2 fully saturated rings. The summed E-state index contributed by atoms with van der Waals surface area (Å²) in [6, 6.07) is 0. The van der Waals surface area contributed by atoms with Crippen molar-refractivity contribution in [1.82, 2.24) is 0 Å². The lowest BCUT2D eigenvalue weighted by atomic mass is 9.63. The van der Waals surface area contributed by atoms with E-state index in [1.807, 2.05) is 6.26 Å². The molecule has 0 aromatic heterocycles. The average molecular weight is 284 g/mol. The van der Waals surface area contributed by atoms with E-state index in [4.69, 9.17) is 14.7 Å². The van der Waals surface area contributed by atoms with Crippen LogP contribution < -0.4 is 0 Å². The van der Waals surface area contributed by atoms with Crippen LogP contribution in [0.4, 0.5) is 0 Å². The smallest absolute Gasteiger partial charge is 0.202 e. The average Bonchev–Trinajstić information content (AvgIpc) is 2.58. The molecular weight excluding hydrogens is 256 g/mol. The van der Waals surface area contributed by atoms with Gasteiger partial charge in [0.1, 0.15) is 0 Å². The van der Waals surface area contributed by atoms with Crippen LogP contribution in [0, 0.1) is 23.7 Å². The van der Waals surface area contributed by atoms with Gasteiger partial charge in [-0.15, -0.1) is 0 Å².